The molecule has 0 radical (unpaired) electrons. The Labute approximate surface area is 128 Å². The molecule has 118 valence electrons. The molecule has 1 aromatic heterocycles. The summed E-state index contributed by atoms with van der Waals surface area (Å²) in [6.07, 6.45) is 13.2. The van der Waals surface area contributed by atoms with Crippen LogP contribution in [0.5, 0.6) is 0 Å². The van der Waals surface area contributed by atoms with E-state index in [2.05, 4.69) is 29.1 Å². The quantitative estimate of drug-likeness (QED) is 0.842. The van der Waals surface area contributed by atoms with Gasteiger partial charge in [-0.2, -0.15) is 0 Å². The third-order valence-electron chi connectivity index (χ3n) is 5.60. The first-order chi connectivity index (χ1) is 10.3. The summed E-state index contributed by atoms with van der Waals surface area (Å²) in [7, 11) is 0. The summed E-state index contributed by atoms with van der Waals surface area (Å²) in [6, 6.07) is 0.927. The zero-order valence-electron chi connectivity index (χ0n) is 13.4. The molecule has 1 spiro atoms. The van der Waals surface area contributed by atoms with Gasteiger partial charge in [0.05, 0.1) is 12.1 Å². The van der Waals surface area contributed by atoms with Gasteiger partial charge in [-0.1, -0.05) is 26.2 Å². The van der Waals surface area contributed by atoms with Crippen molar-refractivity contribution in [3.63, 3.8) is 0 Å². The van der Waals surface area contributed by atoms with Crippen LogP contribution in [0, 0.1) is 5.41 Å². The summed E-state index contributed by atoms with van der Waals surface area (Å²) in [4.78, 5) is 7.70. The average Bonchev–Trinajstić information content (AvgIpc) is 3.05. The van der Waals surface area contributed by atoms with Crippen molar-refractivity contribution < 1.29 is 4.74 Å². The average molecular weight is 291 g/mol. The molecule has 3 unspecified atom stereocenters. The zero-order chi connectivity index (χ0) is 14.7. The van der Waals surface area contributed by atoms with Gasteiger partial charge in [-0.3, -0.25) is 0 Å². The number of aromatic amines is 1. The minimum atomic E-state index is 0.339. The largest absolute Gasteiger partial charge is 0.378 e. The second kappa shape index (κ2) is 6.49. The molecule has 2 aliphatic rings. The molecule has 4 nitrogen and oxygen atoms in total. The molecule has 4 heteroatoms. The molecule has 0 saturated heterocycles. The van der Waals surface area contributed by atoms with Crippen LogP contribution in [0.25, 0.3) is 0 Å². The lowest BCUT2D eigenvalue weighted by Crippen LogP contribution is -2.64. The van der Waals surface area contributed by atoms with E-state index in [1.54, 1.807) is 0 Å². The van der Waals surface area contributed by atoms with Crippen LogP contribution in [0.15, 0.2) is 12.4 Å². The summed E-state index contributed by atoms with van der Waals surface area (Å²) in [5, 5.41) is 3.88. The van der Waals surface area contributed by atoms with Crippen molar-refractivity contribution in [2.24, 2.45) is 5.41 Å². The van der Waals surface area contributed by atoms with Crippen LogP contribution in [0.1, 0.15) is 70.7 Å². The molecule has 3 rings (SSSR count). The minimum absolute atomic E-state index is 0.339. The lowest BCUT2D eigenvalue weighted by Gasteiger charge is -2.58. The molecule has 2 saturated carbocycles. The highest BCUT2D eigenvalue weighted by Gasteiger charge is 2.55. The van der Waals surface area contributed by atoms with Gasteiger partial charge in [-0.25, -0.2) is 4.98 Å². The van der Waals surface area contributed by atoms with E-state index in [9.17, 15) is 0 Å². The van der Waals surface area contributed by atoms with Crippen molar-refractivity contribution in [3.8, 4) is 0 Å². The molecule has 0 amide bonds. The van der Waals surface area contributed by atoms with Crippen LogP contribution in [-0.2, 0) is 4.74 Å². The van der Waals surface area contributed by atoms with Crippen LogP contribution in [0.2, 0.25) is 0 Å². The van der Waals surface area contributed by atoms with E-state index in [1.807, 2.05) is 12.4 Å². The third kappa shape index (κ3) is 2.76. The van der Waals surface area contributed by atoms with Crippen LogP contribution in [0.4, 0.5) is 0 Å². The highest BCUT2D eigenvalue weighted by molar-refractivity contribution is 5.11. The maximum Gasteiger partial charge on any atom is 0.123 e. The van der Waals surface area contributed by atoms with Gasteiger partial charge in [0.15, 0.2) is 0 Å². The highest BCUT2D eigenvalue weighted by atomic mass is 16.5. The van der Waals surface area contributed by atoms with Gasteiger partial charge in [0.2, 0.25) is 0 Å². The first-order valence-corrected chi connectivity index (χ1v) is 8.67. The molecule has 1 heterocycles. The van der Waals surface area contributed by atoms with Gasteiger partial charge >= 0.3 is 0 Å². The molecule has 21 heavy (non-hydrogen) atoms. The Balaban J connectivity index is 1.69. The monoisotopic (exact) mass is 291 g/mol. The lowest BCUT2D eigenvalue weighted by atomic mass is 9.55. The normalized spacial score (nSPS) is 29.2. The van der Waals surface area contributed by atoms with E-state index in [-0.39, 0.29) is 0 Å². The Hall–Kier alpha value is -0.870. The Kier molecular flexibility index (Phi) is 4.65. The standard InChI is InChI=1S/C17H29N3O/c1-3-13(16-18-10-11-19-16)20-14-12-15(21-4-2)17(14)8-6-5-7-9-17/h10-11,13-15,20H,3-9,12H2,1-2H3,(H,18,19). The number of hydrogen-bond acceptors (Lipinski definition) is 3. The van der Waals surface area contributed by atoms with Crippen LogP contribution < -0.4 is 5.32 Å². The van der Waals surface area contributed by atoms with Crippen LogP contribution >= 0.6 is 0 Å². The van der Waals surface area contributed by atoms with Gasteiger partial charge in [0.1, 0.15) is 5.82 Å². The maximum absolute atomic E-state index is 6.04. The molecule has 0 bridgehead atoms. The molecule has 0 aromatic carbocycles. The number of hydrogen-bond donors (Lipinski definition) is 2. The summed E-state index contributed by atoms with van der Waals surface area (Å²) in [5.41, 5.74) is 0.383. The van der Waals surface area contributed by atoms with Crippen molar-refractivity contribution >= 4 is 0 Å². The molecular formula is C17H29N3O. The number of nitrogens with one attached hydrogen (secondary N) is 2. The van der Waals surface area contributed by atoms with Gasteiger partial charge < -0.3 is 15.0 Å². The zero-order valence-corrected chi connectivity index (χ0v) is 13.4. The van der Waals surface area contributed by atoms with E-state index in [1.165, 1.54) is 32.1 Å². The maximum atomic E-state index is 6.04. The molecular weight excluding hydrogens is 262 g/mol. The van der Waals surface area contributed by atoms with Crippen molar-refractivity contribution in [3.05, 3.63) is 18.2 Å². The second-order valence-electron chi connectivity index (χ2n) is 6.63. The highest BCUT2D eigenvalue weighted by Crippen LogP contribution is 2.53. The number of nitrogens with zero attached hydrogens (tertiary/aromatic N) is 1. The van der Waals surface area contributed by atoms with Crippen molar-refractivity contribution in [1.29, 1.82) is 0 Å². The second-order valence-corrected chi connectivity index (χ2v) is 6.63. The summed E-state index contributed by atoms with van der Waals surface area (Å²) >= 11 is 0. The van der Waals surface area contributed by atoms with E-state index in [0.717, 1.165) is 25.3 Å². The molecule has 2 N–H and O–H groups in total. The van der Waals surface area contributed by atoms with Gasteiger partial charge in [-0.05, 0) is 32.6 Å². The van der Waals surface area contributed by atoms with E-state index >= 15 is 0 Å². The topological polar surface area (TPSA) is 49.9 Å². The van der Waals surface area contributed by atoms with Crippen molar-refractivity contribution in [1.82, 2.24) is 15.3 Å². The predicted octanol–water partition coefficient (Wildman–Crippen LogP) is 3.58. The SMILES string of the molecule is CCOC1CC(NC(CC)c2ncc[nH]2)C12CCCCC2. The third-order valence-corrected chi connectivity index (χ3v) is 5.60. The van der Waals surface area contributed by atoms with E-state index in [0.29, 0.717) is 23.6 Å². The van der Waals surface area contributed by atoms with Gasteiger partial charge in [-0.15, -0.1) is 0 Å². The van der Waals surface area contributed by atoms with Crippen molar-refractivity contribution in [2.75, 3.05) is 6.61 Å². The number of rotatable bonds is 6. The molecule has 0 aliphatic heterocycles. The summed E-state index contributed by atoms with van der Waals surface area (Å²) in [5.74, 6) is 1.07. The molecule has 3 atom stereocenters. The van der Waals surface area contributed by atoms with Crippen molar-refractivity contribution in [2.45, 2.75) is 77.0 Å². The Morgan fingerprint density at radius 3 is 2.81 bits per heavy atom. The summed E-state index contributed by atoms with van der Waals surface area (Å²) < 4.78 is 6.04. The van der Waals surface area contributed by atoms with Crippen LogP contribution in [-0.4, -0.2) is 28.7 Å². The first kappa shape index (κ1) is 15.0. The smallest absolute Gasteiger partial charge is 0.123 e. The fourth-order valence-electron chi connectivity index (χ4n) is 4.40. The first-order valence-electron chi connectivity index (χ1n) is 8.67. The minimum Gasteiger partial charge on any atom is -0.378 e. The number of imidazole rings is 1. The number of H-pyrrole nitrogens is 1. The Morgan fingerprint density at radius 2 is 2.19 bits per heavy atom. The fourth-order valence-corrected chi connectivity index (χ4v) is 4.40. The number of aromatic nitrogens is 2. The predicted molar refractivity (Wildman–Crippen MR) is 84.1 cm³/mol. The molecule has 1 aromatic rings. The molecule has 2 fully saturated rings. The van der Waals surface area contributed by atoms with Gasteiger partial charge in [0, 0.05) is 30.5 Å². The van der Waals surface area contributed by atoms with E-state index in [4.69, 9.17) is 4.74 Å². The fraction of sp³-hybridized carbons (Fsp3) is 0.824. The number of ether oxygens (including phenoxy) is 1. The Morgan fingerprint density at radius 1 is 1.38 bits per heavy atom. The van der Waals surface area contributed by atoms with Gasteiger partial charge in [0.25, 0.3) is 0 Å². The molecule has 2 aliphatic carbocycles. The van der Waals surface area contributed by atoms with E-state index < -0.39 is 0 Å². The Bertz CT molecular complexity index is 425. The lowest BCUT2D eigenvalue weighted by molar-refractivity contribution is -0.152. The van der Waals surface area contributed by atoms with Crippen LogP contribution in [0.3, 0.4) is 0 Å². The summed E-state index contributed by atoms with van der Waals surface area (Å²) in [6.45, 7) is 5.19.